The molecule has 0 aliphatic carbocycles. The maximum atomic E-state index is 11.2. The summed E-state index contributed by atoms with van der Waals surface area (Å²) in [6.07, 6.45) is 1.78. The molecule has 0 atom stereocenters. The molecule has 0 aliphatic heterocycles. The van der Waals surface area contributed by atoms with Gasteiger partial charge in [0.25, 0.3) is 0 Å². The van der Waals surface area contributed by atoms with Crippen molar-refractivity contribution in [1.29, 1.82) is 0 Å². The molecule has 1 aromatic carbocycles. The van der Waals surface area contributed by atoms with E-state index in [1.165, 1.54) is 18.3 Å². The van der Waals surface area contributed by atoms with Crippen LogP contribution in [-0.2, 0) is 0 Å². The first-order chi connectivity index (χ1) is 8.74. The number of Topliss-reactive ketones (excluding diaryl/α,β-unsaturated/α-hetero) is 1. The summed E-state index contributed by atoms with van der Waals surface area (Å²) >= 11 is 1.49. The minimum absolute atomic E-state index is 0.0000409. The van der Waals surface area contributed by atoms with Gasteiger partial charge in [-0.1, -0.05) is 6.07 Å². The molecule has 88 valence electrons. The lowest BCUT2D eigenvalue weighted by Gasteiger charge is -1.99. The van der Waals surface area contributed by atoms with E-state index in [1.54, 1.807) is 11.6 Å². The SMILES string of the molecule is CC(=O)c1csc(-c2ccc3ncccc3c2)n1. The predicted molar refractivity (Wildman–Crippen MR) is 72.9 cm³/mol. The second-order valence-corrected chi connectivity index (χ2v) is 4.86. The summed E-state index contributed by atoms with van der Waals surface area (Å²) in [6.45, 7) is 1.53. The molecule has 0 aliphatic rings. The van der Waals surface area contributed by atoms with Gasteiger partial charge in [-0.2, -0.15) is 0 Å². The summed E-state index contributed by atoms with van der Waals surface area (Å²) in [5.41, 5.74) is 2.51. The normalized spacial score (nSPS) is 10.7. The first-order valence-corrected chi connectivity index (χ1v) is 6.43. The van der Waals surface area contributed by atoms with Crippen LogP contribution in [0.3, 0.4) is 0 Å². The molecule has 0 radical (unpaired) electrons. The second kappa shape index (κ2) is 4.31. The van der Waals surface area contributed by atoms with Crippen LogP contribution in [-0.4, -0.2) is 15.8 Å². The maximum Gasteiger partial charge on any atom is 0.178 e. The van der Waals surface area contributed by atoms with E-state index < -0.39 is 0 Å². The third kappa shape index (κ3) is 1.91. The fraction of sp³-hybridized carbons (Fsp3) is 0.0714. The van der Waals surface area contributed by atoms with E-state index in [2.05, 4.69) is 9.97 Å². The molecule has 2 heterocycles. The number of fused-ring (bicyclic) bond motifs is 1. The Morgan fingerprint density at radius 3 is 2.94 bits per heavy atom. The van der Waals surface area contributed by atoms with Gasteiger partial charge in [0.05, 0.1) is 5.52 Å². The number of pyridine rings is 1. The van der Waals surface area contributed by atoms with E-state index in [-0.39, 0.29) is 5.78 Å². The Morgan fingerprint density at radius 2 is 2.17 bits per heavy atom. The fourth-order valence-corrected chi connectivity index (χ4v) is 2.63. The molecule has 0 unspecified atom stereocenters. The molecule has 0 N–H and O–H groups in total. The molecule has 3 nitrogen and oxygen atoms in total. The number of hydrogen-bond acceptors (Lipinski definition) is 4. The van der Waals surface area contributed by atoms with Gasteiger partial charge in [-0.15, -0.1) is 11.3 Å². The van der Waals surface area contributed by atoms with Gasteiger partial charge < -0.3 is 0 Å². The lowest BCUT2D eigenvalue weighted by atomic mass is 10.1. The molecule has 0 bridgehead atoms. The largest absolute Gasteiger partial charge is 0.293 e. The molecule has 2 aromatic heterocycles. The van der Waals surface area contributed by atoms with Crippen LogP contribution < -0.4 is 0 Å². The standard InChI is InChI=1S/C14H10N2OS/c1-9(17)13-8-18-14(16-13)11-4-5-12-10(7-11)3-2-6-15-12/h2-8H,1H3. The molecule has 3 aromatic rings. The molecule has 0 fully saturated rings. The van der Waals surface area contributed by atoms with Gasteiger partial charge in [-0.05, 0) is 24.3 Å². The minimum atomic E-state index is -0.0000409. The van der Waals surface area contributed by atoms with Crippen LogP contribution >= 0.6 is 11.3 Å². The number of rotatable bonds is 2. The molecular weight excluding hydrogens is 244 g/mol. The minimum Gasteiger partial charge on any atom is -0.293 e. The van der Waals surface area contributed by atoms with E-state index in [4.69, 9.17) is 0 Å². The van der Waals surface area contributed by atoms with E-state index >= 15 is 0 Å². The zero-order chi connectivity index (χ0) is 12.5. The highest BCUT2D eigenvalue weighted by molar-refractivity contribution is 7.13. The highest BCUT2D eigenvalue weighted by atomic mass is 32.1. The Bertz CT molecular complexity index is 733. The molecule has 0 saturated heterocycles. The summed E-state index contributed by atoms with van der Waals surface area (Å²) in [5, 5.41) is 3.74. The summed E-state index contributed by atoms with van der Waals surface area (Å²) < 4.78 is 0. The number of ketones is 1. The highest BCUT2D eigenvalue weighted by Crippen LogP contribution is 2.26. The number of carbonyl (C=O) groups is 1. The summed E-state index contributed by atoms with van der Waals surface area (Å²) in [6, 6.07) is 9.93. The van der Waals surface area contributed by atoms with Gasteiger partial charge in [0, 0.05) is 29.5 Å². The quantitative estimate of drug-likeness (QED) is 0.657. The number of nitrogens with zero attached hydrogens (tertiary/aromatic N) is 2. The van der Waals surface area contributed by atoms with Crippen LogP contribution in [0.2, 0.25) is 0 Å². The molecule has 3 rings (SSSR count). The number of aromatic nitrogens is 2. The lowest BCUT2D eigenvalue weighted by Crippen LogP contribution is -1.91. The average Bonchev–Trinajstić information content (AvgIpc) is 2.88. The van der Waals surface area contributed by atoms with Crippen molar-refractivity contribution in [2.45, 2.75) is 6.92 Å². The maximum absolute atomic E-state index is 11.2. The van der Waals surface area contributed by atoms with Crippen molar-refractivity contribution in [1.82, 2.24) is 9.97 Å². The van der Waals surface area contributed by atoms with Gasteiger partial charge in [0.2, 0.25) is 0 Å². The predicted octanol–water partition coefficient (Wildman–Crippen LogP) is 3.56. The summed E-state index contributed by atoms with van der Waals surface area (Å²) in [5.74, 6) is -0.0000409. The van der Waals surface area contributed by atoms with Crippen LogP contribution in [0.4, 0.5) is 0 Å². The van der Waals surface area contributed by atoms with Crippen molar-refractivity contribution in [2.75, 3.05) is 0 Å². The van der Waals surface area contributed by atoms with Crippen LogP contribution in [0.5, 0.6) is 0 Å². The summed E-state index contributed by atoms with van der Waals surface area (Å²) in [7, 11) is 0. The van der Waals surface area contributed by atoms with Crippen molar-refractivity contribution < 1.29 is 4.79 Å². The molecule has 0 spiro atoms. The number of thiazole rings is 1. The first-order valence-electron chi connectivity index (χ1n) is 5.56. The second-order valence-electron chi connectivity index (χ2n) is 4.00. The molecule has 0 saturated carbocycles. The third-order valence-electron chi connectivity index (χ3n) is 2.71. The van der Waals surface area contributed by atoms with Gasteiger partial charge in [-0.25, -0.2) is 4.98 Å². The van der Waals surface area contributed by atoms with Gasteiger partial charge in [0.15, 0.2) is 5.78 Å². The number of carbonyl (C=O) groups excluding carboxylic acids is 1. The topological polar surface area (TPSA) is 42.9 Å². The Kier molecular flexibility index (Phi) is 2.64. The van der Waals surface area contributed by atoms with Crippen molar-refractivity contribution in [2.24, 2.45) is 0 Å². The Hall–Kier alpha value is -2.07. The van der Waals surface area contributed by atoms with Crippen molar-refractivity contribution >= 4 is 28.0 Å². The van der Waals surface area contributed by atoms with Crippen LogP contribution in [0.15, 0.2) is 41.9 Å². The zero-order valence-electron chi connectivity index (χ0n) is 9.75. The van der Waals surface area contributed by atoms with Gasteiger partial charge in [0.1, 0.15) is 10.7 Å². The molecule has 18 heavy (non-hydrogen) atoms. The third-order valence-corrected chi connectivity index (χ3v) is 3.61. The van der Waals surface area contributed by atoms with Crippen LogP contribution in [0, 0.1) is 0 Å². The monoisotopic (exact) mass is 254 g/mol. The lowest BCUT2D eigenvalue weighted by molar-refractivity contribution is 0.101. The molecule has 4 heteroatoms. The van der Waals surface area contributed by atoms with Crippen molar-refractivity contribution in [3.63, 3.8) is 0 Å². The Labute approximate surface area is 108 Å². The van der Waals surface area contributed by atoms with E-state index in [1.807, 2.05) is 30.3 Å². The molecular formula is C14H10N2OS. The van der Waals surface area contributed by atoms with Crippen LogP contribution in [0.1, 0.15) is 17.4 Å². The van der Waals surface area contributed by atoms with E-state index in [9.17, 15) is 4.79 Å². The average molecular weight is 254 g/mol. The fourth-order valence-electron chi connectivity index (χ4n) is 1.78. The summed E-state index contributed by atoms with van der Waals surface area (Å²) in [4.78, 5) is 19.9. The van der Waals surface area contributed by atoms with E-state index in [0.29, 0.717) is 5.69 Å². The number of hydrogen-bond donors (Lipinski definition) is 0. The van der Waals surface area contributed by atoms with Crippen molar-refractivity contribution in [3.05, 3.63) is 47.6 Å². The number of benzene rings is 1. The smallest absolute Gasteiger partial charge is 0.178 e. The molecule has 0 amide bonds. The van der Waals surface area contributed by atoms with Gasteiger partial charge >= 0.3 is 0 Å². The van der Waals surface area contributed by atoms with E-state index in [0.717, 1.165) is 21.5 Å². The van der Waals surface area contributed by atoms with Crippen LogP contribution in [0.25, 0.3) is 21.5 Å². The zero-order valence-corrected chi connectivity index (χ0v) is 10.6. The Balaban J connectivity index is 2.10. The highest BCUT2D eigenvalue weighted by Gasteiger charge is 2.08. The van der Waals surface area contributed by atoms with Gasteiger partial charge in [-0.3, -0.25) is 9.78 Å². The van der Waals surface area contributed by atoms with Crippen molar-refractivity contribution in [3.8, 4) is 10.6 Å². The Morgan fingerprint density at radius 1 is 1.28 bits per heavy atom. The first kappa shape index (κ1) is 11.0.